The van der Waals surface area contributed by atoms with Gasteiger partial charge in [0, 0.05) is 38.8 Å². The average Bonchev–Trinajstić information content (AvgIpc) is 3.19. The summed E-state index contributed by atoms with van der Waals surface area (Å²) in [5.74, 6) is 1.09. The van der Waals surface area contributed by atoms with Gasteiger partial charge in [-0.3, -0.25) is 9.69 Å². The van der Waals surface area contributed by atoms with Gasteiger partial charge < -0.3 is 10.2 Å². The summed E-state index contributed by atoms with van der Waals surface area (Å²) in [5, 5.41) is 3.34. The first kappa shape index (κ1) is 13.8. The smallest absolute Gasteiger partial charge is 0.239 e. The van der Waals surface area contributed by atoms with Crippen molar-refractivity contribution in [1.82, 2.24) is 15.1 Å². The molecule has 0 aromatic heterocycles. The molecule has 1 aliphatic heterocycles. The number of nitrogens with zero attached hydrogens (tertiary/aromatic N) is 2. The molecule has 1 N–H and O–H groups in total. The third-order valence-electron chi connectivity index (χ3n) is 4.11. The zero-order chi connectivity index (χ0) is 13.1. The Kier molecular flexibility index (Phi) is 4.62. The van der Waals surface area contributed by atoms with Crippen LogP contribution in [0.15, 0.2) is 0 Å². The fraction of sp³-hybridized carbons (Fsp3) is 0.929. The quantitative estimate of drug-likeness (QED) is 0.791. The summed E-state index contributed by atoms with van der Waals surface area (Å²) in [7, 11) is 0. The van der Waals surface area contributed by atoms with E-state index < -0.39 is 0 Å². The van der Waals surface area contributed by atoms with Crippen LogP contribution in [0, 0.1) is 5.92 Å². The second-order valence-corrected chi connectivity index (χ2v) is 5.99. The van der Waals surface area contributed by atoms with E-state index in [4.69, 9.17) is 0 Å². The van der Waals surface area contributed by atoms with Crippen LogP contribution in [-0.2, 0) is 4.79 Å². The van der Waals surface area contributed by atoms with E-state index in [0.717, 1.165) is 38.6 Å². The van der Waals surface area contributed by atoms with Crippen molar-refractivity contribution >= 4 is 5.91 Å². The lowest BCUT2D eigenvalue weighted by atomic mass is 10.1. The van der Waals surface area contributed by atoms with Gasteiger partial charge in [-0.05, 0) is 39.5 Å². The van der Waals surface area contributed by atoms with E-state index in [1.807, 2.05) is 0 Å². The van der Waals surface area contributed by atoms with Crippen LogP contribution in [0.5, 0.6) is 0 Å². The molecule has 2 fully saturated rings. The van der Waals surface area contributed by atoms with Crippen LogP contribution in [0.2, 0.25) is 0 Å². The largest absolute Gasteiger partial charge is 0.339 e. The molecule has 4 nitrogen and oxygen atoms in total. The van der Waals surface area contributed by atoms with Gasteiger partial charge in [0.05, 0.1) is 6.04 Å². The second kappa shape index (κ2) is 6.02. The first-order valence-electron chi connectivity index (χ1n) is 7.35. The maximum absolute atomic E-state index is 12.6. The normalized spacial score (nSPS) is 23.1. The predicted molar refractivity (Wildman–Crippen MR) is 73.5 cm³/mol. The second-order valence-electron chi connectivity index (χ2n) is 5.99. The number of piperazine rings is 1. The van der Waals surface area contributed by atoms with Crippen LogP contribution in [0.3, 0.4) is 0 Å². The maximum atomic E-state index is 12.6. The number of hydrogen-bond donors (Lipinski definition) is 1. The van der Waals surface area contributed by atoms with Crippen molar-refractivity contribution in [2.75, 3.05) is 32.7 Å². The summed E-state index contributed by atoms with van der Waals surface area (Å²) < 4.78 is 0. The van der Waals surface area contributed by atoms with E-state index in [9.17, 15) is 4.79 Å². The molecule has 1 amide bonds. The van der Waals surface area contributed by atoms with Gasteiger partial charge in [0.25, 0.3) is 0 Å². The van der Waals surface area contributed by atoms with Crippen LogP contribution in [0.1, 0.15) is 33.6 Å². The summed E-state index contributed by atoms with van der Waals surface area (Å²) in [5.41, 5.74) is 0. The number of carbonyl (C=O) groups is 1. The lowest BCUT2D eigenvalue weighted by Gasteiger charge is -2.36. The van der Waals surface area contributed by atoms with E-state index >= 15 is 0 Å². The van der Waals surface area contributed by atoms with Gasteiger partial charge >= 0.3 is 0 Å². The lowest BCUT2D eigenvalue weighted by Crippen LogP contribution is -2.54. The van der Waals surface area contributed by atoms with Crippen LogP contribution < -0.4 is 5.32 Å². The lowest BCUT2D eigenvalue weighted by molar-refractivity contribution is -0.138. The molecule has 1 aliphatic carbocycles. The molecule has 1 heterocycles. The van der Waals surface area contributed by atoms with Crippen molar-refractivity contribution in [1.29, 1.82) is 0 Å². The predicted octanol–water partition coefficient (Wildman–Crippen LogP) is 0.927. The average molecular weight is 253 g/mol. The summed E-state index contributed by atoms with van der Waals surface area (Å²) in [6, 6.07) is 0.358. The molecule has 2 rings (SSSR count). The summed E-state index contributed by atoms with van der Waals surface area (Å²) in [4.78, 5) is 17.0. The van der Waals surface area contributed by atoms with Crippen LogP contribution in [0.25, 0.3) is 0 Å². The Morgan fingerprint density at radius 3 is 2.39 bits per heavy atom. The highest BCUT2D eigenvalue weighted by molar-refractivity contribution is 5.81. The Balaban J connectivity index is 1.92. The van der Waals surface area contributed by atoms with Crippen LogP contribution in [-0.4, -0.2) is 60.5 Å². The number of amides is 1. The molecule has 1 atom stereocenters. The molecular weight excluding hydrogens is 226 g/mol. The summed E-state index contributed by atoms with van der Waals surface area (Å²) >= 11 is 0. The topological polar surface area (TPSA) is 35.6 Å². The molecule has 0 aromatic rings. The van der Waals surface area contributed by atoms with Gasteiger partial charge in [-0.15, -0.1) is 0 Å². The minimum absolute atomic E-state index is 0.0354. The minimum Gasteiger partial charge on any atom is -0.339 e. The van der Waals surface area contributed by atoms with E-state index in [2.05, 4.69) is 35.9 Å². The molecule has 1 saturated carbocycles. The van der Waals surface area contributed by atoms with Gasteiger partial charge in [-0.25, -0.2) is 0 Å². The number of nitrogens with one attached hydrogen (secondary N) is 1. The van der Waals surface area contributed by atoms with E-state index in [1.165, 1.54) is 12.8 Å². The molecule has 0 bridgehead atoms. The zero-order valence-electron chi connectivity index (χ0n) is 12.0. The fourth-order valence-corrected chi connectivity index (χ4v) is 2.60. The van der Waals surface area contributed by atoms with Crippen molar-refractivity contribution in [2.24, 2.45) is 5.92 Å². The Bertz CT molecular complexity index is 283. The molecule has 0 radical (unpaired) electrons. The molecule has 104 valence electrons. The van der Waals surface area contributed by atoms with Gasteiger partial charge in [0.1, 0.15) is 0 Å². The first-order chi connectivity index (χ1) is 8.59. The third-order valence-corrected chi connectivity index (χ3v) is 4.11. The maximum Gasteiger partial charge on any atom is 0.239 e. The minimum atomic E-state index is 0.0354. The molecule has 4 heteroatoms. The molecule has 0 aromatic carbocycles. The highest BCUT2D eigenvalue weighted by Crippen LogP contribution is 2.30. The molecule has 0 spiro atoms. The monoisotopic (exact) mass is 253 g/mol. The molecule has 2 aliphatic rings. The molecule has 1 saturated heterocycles. The SMILES string of the molecule is CC(C(=O)N(CC1CC1)C(C)C)N1CCNCC1. The summed E-state index contributed by atoms with van der Waals surface area (Å²) in [6.45, 7) is 11.3. The molecule has 18 heavy (non-hydrogen) atoms. The van der Waals surface area contributed by atoms with Crippen molar-refractivity contribution < 1.29 is 4.79 Å². The van der Waals surface area contributed by atoms with Crippen molar-refractivity contribution in [2.45, 2.75) is 45.7 Å². The standard InChI is InChI=1S/C14H27N3O/c1-11(2)17(10-13-4-5-13)14(18)12(3)16-8-6-15-7-9-16/h11-13,15H,4-10H2,1-3H3. The number of rotatable bonds is 5. The summed E-state index contributed by atoms with van der Waals surface area (Å²) in [6.07, 6.45) is 2.61. The zero-order valence-corrected chi connectivity index (χ0v) is 12.0. The Labute approximate surface area is 111 Å². The number of hydrogen-bond acceptors (Lipinski definition) is 3. The highest BCUT2D eigenvalue weighted by atomic mass is 16.2. The highest BCUT2D eigenvalue weighted by Gasteiger charge is 2.32. The van der Waals surface area contributed by atoms with Gasteiger partial charge in [0.15, 0.2) is 0 Å². The first-order valence-corrected chi connectivity index (χ1v) is 7.35. The Morgan fingerprint density at radius 1 is 1.28 bits per heavy atom. The van der Waals surface area contributed by atoms with Gasteiger partial charge in [-0.2, -0.15) is 0 Å². The fourth-order valence-electron chi connectivity index (χ4n) is 2.60. The Morgan fingerprint density at radius 2 is 1.89 bits per heavy atom. The molecular formula is C14H27N3O. The van der Waals surface area contributed by atoms with Gasteiger partial charge in [0.2, 0.25) is 5.91 Å². The van der Waals surface area contributed by atoms with Crippen molar-refractivity contribution in [3.05, 3.63) is 0 Å². The number of carbonyl (C=O) groups excluding carboxylic acids is 1. The molecule has 1 unspecified atom stereocenters. The van der Waals surface area contributed by atoms with Crippen LogP contribution in [0.4, 0.5) is 0 Å². The van der Waals surface area contributed by atoms with E-state index in [1.54, 1.807) is 0 Å². The van der Waals surface area contributed by atoms with Crippen LogP contribution >= 0.6 is 0 Å². The van der Waals surface area contributed by atoms with Crippen molar-refractivity contribution in [3.63, 3.8) is 0 Å². The van der Waals surface area contributed by atoms with Gasteiger partial charge in [-0.1, -0.05) is 0 Å². The van der Waals surface area contributed by atoms with E-state index in [0.29, 0.717) is 11.9 Å². The Hall–Kier alpha value is -0.610. The third kappa shape index (κ3) is 3.45. The van der Waals surface area contributed by atoms with Crippen molar-refractivity contribution in [3.8, 4) is 0 Å². The van der Waals surface area contributed by atoms with E-state index in [-0.39, 0.29) is 6.04 Å².